The predicted octanol–water partition coefficient (Wildman–Crippen LogP) is -0.287. The van der Waals surface area contributed by atoms with Gasteiger partial charge in [0, 0.05) is 11.6 Å². The molecule has 5 nitrogen and oxygen atoms in total. The van der Waals surface area contributed by atoms with Gasteiger partial charge in [0.1, 0.15) is 0 Å². The number of ketones is 1. The van der Waals surface area contributed by atoms with E-state index in [1.54, 1.807) is 0 Å². The highest BCUT2D eigenvalue weighted by Gasteiger charge is 2.27. The lowest BCUT2D eigenvalue weighted by Crippen LogP contribution is -2.34. The number of hydrogen-bond donors (Lipinski definition) is 4. The summed E-state index contributed by atoms with van der Waals surface area (Å²) in [4.78, 5) is 36.8. The molecule has 0 bridgehead atoms. The smallest absolute Gasteiger partial charge is 0.493 e. The fraction of sp³-hybridized carbons (Fsp3) is 0.571. The number of carbonyl (C=O) groups is 1. The molecule has 76 valence electrons. The topological polar surface area (TPSA) is 98.0 Å². The average Bonchev–Trinajstić information content (AvgIpc) is 1.82. The highest BCUT2D eigenvalue weighted by Crippen LogP contribution is 2.14. The molecule has 0 aromatic rings. The summed E-state index contributed by atoms with van der Waals surface area (Å²) in [6.07, 6.45) is -0.0204. The van der Waals surface area contributed by atoms with Gasteiger partial charge in [0.25, 0.3) is 0 Å². The molecule has 0 atom stereocenters. The molecule has 0 amide bonds. The van der Waals surface area contributed by atoms with Crippen molar-refractivity contribution in [1.29, 1.82) is 0 Å². The molecule has 0 heterocycles. The lowest BCUT2D eigenvalue weighted by atomic mass is 10.1. The molecule has 0 aromatic heterocycles. The maximum atomic E-state index is 10.9. The minimum absolute atomic E-state index is 0.0204. The van der Waals surface area contributed by atoms with E-state index in [1.807, 2.05) is 0 Å². The Kier molecular flexibility index (Phi) is 4.28. The lowest BCUT2D eigenvalue weighted by molar-refractivity contribution is -0.113. The van der Waals surface area contributed by atoms with Crippen molar-refractivity contribution in [3.05, 3.63) is 11.3 Å². The van der Waals surface area contributed by atoms with E-state index >= 15 is 0 Å². The standard InChI is InChI=1S/C7H14O5Si/c1-5(8)7(6(2)9)3-4-13(10,11)12/h8,10-12H,3-4H2,1-2H3/b7-5-. The molecule has 0 aliphatic carbocycles. The molecule has 0 spiro atoms. The van der Waals surface area contributed by atoms with Crippen molar-refractivity contribution in [3.63, 3.8) is 0 Å². The number of hydrogen-bond acceptors (Lipinski definition) is 5. The van der Waals surface area contributed by atoms with Crippen molar-refractivity contribution in [2.24, 2.45) is 0 Å². The van der Waals surface area contributed by atoms with Gasteiger partial charge >= 0.3 is 8.80 Å². The van der Waals surface area contributed by atoms with Crippen molar-refractivity contribution in [1.82, 2.24) is 0 Å². The number of Topliss-reactive ketones (excluding diaryl/α,β-unsaturated/α-hetero) is 1. The Balaban J connectivity index is 4.33. The van der Waals surface area contributed by atoms with Crippen LogP contribution in [0.25, 0.3) is 0 Å². The third-order valence-electron chi connectivity index (χ3n) is 1.57. The number of carbonyl (C=O) groups excluding carboxylic acids is 1. The Labute approximate surface area is 77.3 Å². The third kappa shape index (κ3) is 5.53. The van der Waals surface area contributed by atoms with E-state index in [0.29, 0.717) is 0 Å². The number of rotatable bonds is 4. The van der Waals surface area contributed by atoms with Gasteiger partial charge in [-0.3, -0.25) is 4.79 Å². The largest absolute Gasteiger partial charge is 0.512 e. The SMILES string of the molecule is CC(=O)/C(CC[Si](O)(O)O)=C(/C)O. The van der Waals surface area contributed by atoms with E-state index in [0.717, 1.165) is 0 Å². The van der Waals surface area contributed by atoms with E-state index in [4.69, 9.17) is 19.5 Å². The van der Waals surface area contributed by atoms with Gasteiger partial charge in [-0.15, -0.1) is 0 Å². The van der Waals surface area contributed by atoms with E-state index in [9.17, 15) is 4.79 Å². The predicted molar refractivity (Wildman–Crippen MR) is 47.8 cm³/mol. The van der Waals surface area contributed by atoms with Crippen LogP contribution in [0, 0.1) is 0 Å². The van der Waals surface area contributed by atoms with Crippen LogP contribution in [0.5, 0.6) is 0 Å². The summed E-state index contributed by atoms with van der Waals surface area (Å²) in [6.45, 7) is 2.61. The van der Waals surface area contributed by atoms with Crippen molar-refractivity contribution in [2.45, 2.75) is 26.3 Å². The maximum Gasteiger partial charge on any atom is 0.493 e. The Morgan fingerprint density at radius 2 is 1.69 bits per heavy atom. The first-order chi connectivity index (χ1) is 5.74. The second-order valence-electron chi connectivity index (χ2n) is 2.89. The summed E-state index contributed by atoms with van der Waals surface area (Å²) >= 11 is 0. The van der Waals surface area contributed by atoms with Gasteiger partial charge in [-0.1, -0.05) is 0 Å². The van der Waals surface area contributed by atoms with Crippen LogP contribution in [0.4, 0.5) is 0 Å². The van der Waals surface area contributed by atoms with Gasteiger partial charge in [0.05, 0.1) is 5.76 Å². The highest BCUT2D eigenvalue weighted by molar-refractivity contribution is 6.56. The first kappa shape index (κ1) is 12.3. The molecule has 6 heteroatoms. The van der Waals surface area contributed by atoms with Crippen molar-refractivity contribution < 1.29 is 24.3 Å². The van der Waals surface area contributed by atoms with E-state index in [2.05, 4.69) is 0 Å². The molecule has 0 unspecified atom stereocenters. The molecular weight excluding hydrogens is 192 g/mol. The molecule has 0 aliphatic heterocycles. The molecule has 0 aliphatic rings. The van der Waals surface area contributed by atoms with E-state index < -0.39 is 8.80 Å². The summed E-state index contributed by atoms with van der Waals surface area (Å²) in [5.74, 6) is -0.482. The zero-order chi connectivity index (χ0) is 10.6. The minimum Gasteiger partial charge on any atom is -0.512 e. The van der Waals surface area contributed by atoms with Gasteiger partial charge < -0.3 is 19.5 Å². The molecule has 13 heavy (non-hydrogen) atoms. The molecule has 0 aromatic carbocycles. The fourth-order valence-electron chi connectivity index (χ4n) is 0.904. The van der Waals surface area contributed by atoms with Gasteiger partial charge in [-0.2, -0.15) is 0 Å². The summed E-state index contributed by atoms with van der Waals surface area (Å²) in [5, 5.41) is 9.01. The quantitative estimate of drug-likeness (QED) is 0.288. The molecular formula is C7H14O5Si. The highest BCUT2D eigenvalue weighted by atomic mass is 28.4. The minimum atomic E-state index is -4.11. The fourth-order valence-corrected chi connectivity index (χ4v) is 1.49. The van der Waals surface area contributed by atoms with Crippen molar-refractivity contribution >= 4 is 14.6 Å². The third-order valence-corrected chi connectivity index (χ3v) is 2.49. The van der Waals surface area contributed by atoms with Gasteiger partial charge in [-0.25, -0.2) is 0 Å². The van der Waals surface area contributed by atoms with Crippen LogP contribution in [-0.4, -0.2) is 34.1 Å². The summed E-state index contributed by atoms with van der Waals surface area (Å²) in [5.41, 5.74) is 0.119. The van der Waals surface area contributed by atoms with Crippen LogP contribution < -0.4 is 0 Å². The molecule has 0 saturated heterocycles. The number of allylic oxidation sites excluding steroid dienone is 2. The van der Waals surface area contributed by atoms with Crippen molar-refractivity contribution in [3.8, 4) is 0 Å². The van der Waals surface area contributed by atoms with E-state index in [-0.39, 0.29) is 29.6 Å². The van der Waals surface area contributed by atoms with Crippen LogP contribution in [0.1, 0.15) is 20.3 Å². The second kappa shape index (κ2) is 4.52. The zero-order valence-electron chi connectivity index (χ0n) is 7.61. The molecule has 0 fully saturated rings. The maximum absolute atomic E-state index is 10.9. The Hall–Kier alpha value is -0.693. The number of aliphatic hydroxyl groups is 1. The summed E-state index contributed by atoms with van der Waals surface area (Å²) in [6, 6.07) is -0.278. The van der Waals surface area contributed by atoms with Crippen LogP contribution in [0.15, 0.2) is 11.3 Å². The summed E-state index contributed by atoms with van der Waals surface area (Å²) < 4.78 is 0. The normalized spacial score (nSPS) is 13.9. The molecule has 0 rings (SSSR count). The van der Waals surface area contributed by atoms with Crippen molar-refractivity contribution in [2.75, 3.05) is 0 Å². The van der Waals surface area contributed by atoms with Crippen LogP contribution >= 0.6 is 0 Å². The first-order valence-electron chi connectivity index (χ1n) is 3.81. The molecule has 0 saturated carbocycles. The first-order valence-corrected chi connectivity index (χ1v) is 5.85. The van der Waals surface area contributed by atoms with Crippen LogP contribution in [0.2, 0.25) is 6.04 Å². The van der Waals surface area contributed by atoms with Gasteiger partial charge in [0.2, 0.25) is 0 Å². The second-order valence-corrected chi connectivity index (χ2v) is 4.94. The average molecular weight is 206 g/mol. The Morgan fingerprint density at radius 1 is 1.23 bits per heavy atom. The molecule has 4 N–H and O–H groups in total. The lowest BCUT2D eigenvalue weighted by Gasteiger charge is -2.10. The van der Waals surface area contributed by atoms with Gasteiger partial charge in [0.15, 0.2) is 5.78 Å². The zero-order valence-corrected chi connectivity index (χ0v) is 8.61. The Morgan fingerprint density at radius 3 is 1.92 bits per heavy atom. The van der Waals surface area contributed by atoms with Crippen LogP contribution in [0.3, 0.4) is 0 Å². The Bertz CT molecular complexity index is 224. The van der Waals surface area contributed by atoms with E-state index in [1.165, 1.54) is 13.8 Å². The monoisotopic (exact) mass is 206 g/mol. The van der Waals surface area contributed by atoms with Gasteiger partial charge in [-0.05, 0) is 20.3 Å². The number of aliphatic hydroxyl groups excluding tert-OH is 1. The molecule has 0 radical (unpaired) electrons. The van der Waals surface area contributed by atoms with Crippen LogP contribution in [-0.2, 0) is 4.79 Å². The summed E-state index contributed by atoms with van der Waals surface area (Å²) in [7, 11) is -4.11.